The van der Waals surface area contributed by atoms with Crippen LogP contribution in [0.2, 0.25) is 0 Å². The molecular weight excluding hydrogens is 475 g/mol. The summed E-state index contributed by atoms with van der Waals surface area (Å²) >= 11 is 0. The average Bonchev–Trinajstić information content (AvgIpc) is 3.32. The highest BCUT2D eigenvalue weighted by atomic mass is 19.1. The lowest BCUT2D eigenvalue weighted by Crippen LogP contribution is -2.62. The molecule has 10 heteroatoms. The molecule has 9 nitrogen and oxygen atoms in total. The molecule has 2 aromatic carbocycles. The van der Waals surface area contributed by atoms with E-state index in [1.54, 1.807) is 24.3 Å². The number of piperidine rings is 1. The van der Waals surface area contributed by atoms with Crippen LogP contribution in [0.3, 0.4) is 0 Å². The molecule has 5 N–H and O–H groups in total. The first-order valence-corrected chi connectivity index (χ1v) is 12.4. The molecule has 0 radical (unpaired) electrons. The number of carbonyl (C=O) groups excluding carboxylic acids is 3. The number of nitrogens with zero attached hydrogens (tertiary/aromatic N) is 2. The number of anilines is 1. The normalized spacial score (nSPS) is 21.8. The molecule has 37 heavy (non-hydrogen) atoms. The third kappa shape index (κ3) is 5.80. The molecule has 2 heterocycles. The van der Waals surface area contributed by atoms with Crippen LogP contribution >= 0.6 is 0 Å². The van der Waals surface area contributed by atoms with Crippen LogP contribution in [0.5, 0.6) is 0 Å². The van der Waals surface area contributed by atoms with Crippen molar-refractivity contribution in [3.05, 3.63) is 65.5 Å². The minimum Gasteiger partial charge on any atom is -0.367 e. The third-order valence-corrected chi connectivity index (χ3v) is 6.80. The molecule has 0 bridgehead atoms. The molecule has 0 aliphatic carbocycles. The maximum Gasteiger partial charge on any atom is 0.255 e. The summed E-state index contributed by atoms with van der Waals surface area (Å²) in [6.07, 6.45) is 4.84. The zero-order valence-electron chi connectivity index (χ0n) is 21.1. The number of amides is 3. The van der Waals surface area contributed by atoms with Gasteiger partial charge in [0.1, 0.15) is 5.82 Å². The summed E-state index contributed by atoms with van der Waals surface area (Å²) in [7, 11) is 0. The first-order valence-electron chi connectivity index (χ1n) is 12.4. The Morgan fingerprint density at radius 2 is 1.73 bits per heavy atom. The second-order valence-electron chi connectivity index (χ2n) is 10.2. The number of likely N-dealkylation sites (tertiary alicyclic amines) is 1. The smallest absolute Gasteiger partial charge is 0.255 e. The van der Waals surface area contributed by atoms with Gasteiger partial charge in [0.25, 0.3) is 11.8 Å². The van der Waals surface area contributed by atoms with Gasteiger partial charge in [0.2, 0.25) is 5.91 Å². The highest BCUT2D eigenvalue weighted by molar-refractivity contribution is 6.04. The van der Waals surface area contributed by atoms with Crippen molar-refractivity contribution in [1.82, 2.24) is 15.5 Å². The fourth-order valence-corrected chi connectivity index (χ4v) is 5.00. The summed E-state index contributed by atoms with van der Waals surface area (Å²) < 4.78 is 13.1. The average molecular weight is 509 g/mol. The van der Waals surface area contributed by atoms with E-state index in [1.807, 2.05) is 13.8 Å². The summed E-state index contributed by atoms with van der Waals surface area (Å²) in [4.78, 5) is 45.3. The van der Waals surface area contributed by atoms with Crippen LogP contribution in [-0.4, -0.2) is 60.2 Å². The molecular formula is C27H33FN6O3. The number of nitrogens with two attached hydrogens (primary N) is 1. The van der Waals surface area contributed by atoms with Crippen LogP contribution in [0.1, 0.15) is 49.0 Å². The van der Waals surface area contributed by atoms with Gasteiger partial charge in [-0.3, -0.25) is 19.4 Å². The van der Waals surface area contributed by atoms with E-state index in [9.17, 15) is 18.8 Å². The predicted octanol–water partition coefficient (Wildman–Crippen LogP) is 2.14. The van der Waals surface area contributed by atoms with Gasteiger partial charge >= 0.3 is 0 Å². The lowest BCUT2D eigenvalue weighted by molar-refractivity contribution is -0.132. The number of carbonyl (C=O) groups is 3. The number of nitrogens with one attached hydrogen (secondary N) is 3. The number of hydrogen-bond acceptors (Lipinski definition) is 6. The van der Waals surface area contributed by atoms with Crippen molar-refractivity contribution in [2.75, 3.05) is 25.0 Å². The first-order chi connectivity index (χ1) is 17.6. The van der Waals surface area contributed by atoms with Crippen molar-refractivity contribution >= 4 is 29.7 Å². The number of benzene rings is 2. The van der Waals surface area contributed by atoms with Crippen molar-refractivity contribution in [2.24, 2.45) is 10.7 Å². The zero-order valence-corrected chi connectivity index (χ0v) is 21.1. The van der Waals surface area contributed by atoms with E-state index < -0.39 is 40.7 Å². The van der Waals surface area contributed by atoms with Crippen LogP contribution in [0.25, 0.3) is 0 Å². The third-order valence-electron chi connectivity index (χ3n) is 6.80. The molecule has 2 aliphatic heterocycles. The van der Waals surface area contributed by atoms with E-state index in [-0.39, 0.29) is 0 Å². The molecule has 0 saturated carbocycles. The molecule has 1 fully saturated rings. The Balaban J connectivity index is 1.49. The highest BCUT2D eigenvalue weighted by Crippen LogP contribution is 2.32. The first kappa shape index (κ1) is 26.3. The minimum absolute atomic E-state index is 0.300. The van der Waals surface area contributed by atoms with Crippen molar-refractivity contribution in [2.45, 2.75) is 50.2 Å². The summed E-state index contributed by atoms with van der Waals surface area (Å²) in [6, 6.07) is 10.5. The van der Waals surface area contributed by atoms with Gasteiger partial charge in [-0.25, -0.2) is 4.39 Å². The number of rotatable bonds is 8. The monoisotopic (exact) mass is 508 g/mol. The summed E-state index contributed by atoms with van der Waals surface area (Å²) in [6.45, 7) is 6.59. The second kappa shape index (κ2) is 10.7. The summed E-state index contributed by atoms with van der Waals surface area (Å²) in [5.41, 5.74) is 4.92. The van der Waals surface area contributed by atoms with Gasteiger partial charge < -0.3 is 26.6 Å². The van der Waals surface area contributed by atoms with Gasteiger partial charge in [0.05, 0.1) is 6.34 Å². The Hall–Kier alpha value is -3.79. The molecule has 3 amide bonds. The standard InChI is InChI=1S/C27H33FN6O3/c1-26(2,16-34-14-4-3-5-15-34)33-24(36)22-27(25(29)37,31-17-30-22)19-8-12-21(13-9-19)32-23(35)18-6-10-20(28)11-7-18/h6-13,17,22H,3-5,14-16H2,1-2H3,(H2,29,37)(H,30,31)(H,32,35)(H,33,36). The second-order valence-corrected chi connectivity index (χ2v) is 10.2. The molecule has 0 spiro atoms. The van der Waals surface area contributed by atoms with E-state index in [0.29, 0.717) is 23.4 Å². The van der Waals surface area contributed by atoms with E-state index in [0.717, 1.165) is 25.9 Å². The minimum atomic E-state index is -1.58. The molecule has 2 atom stereocenters. The van der Waals surface area contributed by atoms with Crippen molar-refractivity contribution in [1.29, 1.82) is 0 Å². The van der Waals surface area contributed by atoms with E-state index in [4.69, 9.17) is 5.73 Å². The lowest BCUT2D eigenvalue weighted by Gasteiger charge is -2.37. The van der Waals surface area contributed by atoms with Gasteiger partial charge in [-0.05, 0) is 81.7 Å². The van der Waals surface area contributed by atoms with Crippen LogP contribution < -0.4 is 21.7 Å². The molecule has 2 unspecified atom stereocenters. The maximum atomic E-state index is 13.4. The Morgan fingerprint density at radius 1 is 1.08 bits per heavy atom. The Bertz CT molecular complexity index is 1180. The molecule has 0 aromatic heterocycles. The number of aliphatic imine (C=N–C) groups is 1. The summed E-state index contributed by atoms with van der Waals surface area (Å²) in [5.74, 6) is -2.00. The quantitative estimate of drug-likeness (QED) is 0.434. The van der Waals surface area contributed by atoms with Gasteiger partial charge in [-0.1, -0.05) is 18.6 Å². The van der Waals surface area contributed by atoms with Gasteiger partial charge in [-0.15, -0.1) is 0 Å². The van der Waals surface area contributed by atoms with E-state index in [1.165, 1.54) is 37.0 Å². The maximum absolute atomic E-state index is 13.4. The van der Waals surface area contributed by atoms with Gasteiger partial charge in [-0.2, -0.15) is 0 Å². The zero-order chi connectivity index (χ0) is 26.6. The number of hydrogen-bond donors (Lipinski definition) is 4. The van der Waals surface area contributed by atoms with E-state index >= 15 is 0 Å². The molecule has 196 valence electrons. The predicted molar refractivity (Wildman–Crippen MR) is 140 cm³/mol. The van der Waals surface area contributed by atoms with Crippen molar-refractivity contribution < 1.29 is 18.8 Å². The molecule has 2 aromatic rings. The SMILES string of the molecule is CC(C)(CN1CCCCC1)NC(=O)C1N=CNC1(C(N)=O)c1ccc(NC(=O)c2ccc(F)cc2)cc1. The number of halogens is 1. The molecule has 1 saturated heterocycles. The molecule has 4 rings (SSSR count). The van der Waals surface area contributed by atoms with E-state index in [2.05, 4.69) is 25.8 Å². The van der Waals surface area contributed by atoms with Crippen LogP contribution in [0, 0.1) is 5.82 Å². The molecule has 2 aliphatic rings. The Kier molecular flexibility index (Phi) is 7.58. The topological polar surface area (TPSA) is 129 Å². The lowest BCUT2D eigenvalue weighted by atomic mass is 9.82. The highest BCUT2D eigenvalue weighted by Gasteiger charge is 2.52. The van der Waals surface area contributed by atoms with Crippen LogP contribution in [0.15, 0.2) is 53.5 Å². The Labute approximate surface area is 215 Å². The fraction of sp³-hybridized carbons (Fsp3) is 0.407. The Morgan fingerprint density at radius 3 is 2.35 bits per heavy atom. The van der Waals surface area contributed by atoms with Gasteiger partial charge in [0.15, 0.2) is 11.6 Å². The number of primary amides is 1. The van der Waals surface area contributed by atoms with Gasteiger partial charge in [0, 0.05) is 23.3 Å². The van der Waals surface area contributed by atoms with Crippen LogP contribution in [-0.2, 0) is 15.1 Å². The fourth-order valence-electron chi connectivity index (χ4n) is 5.00. The summed E-state index contributed by atoms with van der Waals surface area (Å²) in [5, 5.41) is 8.70. The van der Waals surface area contributed by atoms with Crippen molar-refractivity contribution in [3.63, 3.8) is 0 Å². The van der Waals surface area contributed by atoms with Crippen LogP contribution in [0.4, 0.5) is 10.1 Å². The van der Waals surface area contributed by atoms with Crippen molar-refractivity contribution in [3.8, 4) is 0 Å². The largest absolute Gasteiger partial charge is 0.367 e.